The average molecular weight is 433 g/mol. The summed E-state index contributed by atoms with van der Waals surface area (Å²) in [5, 5.41) is 0.583. The molecule has 1 atom stereocenters. The van der Waals surface area contributed by atoms with Gasteiger partial charge >= 0.3 is 0 Å². The molecule has 5 nitrogen and oxygen atoms in total. The van der Waals surface area contributed by atoms with Gasteiger partial charge in [-0.3, -0.25) is 4.79 Å². The number of rotatable bonds is 8. The van der Waals surface area contributed by atoms with Crippen molar-refractivity contribution in [3.05, 3.63) is 82.9 Å². The fraction of sp³-hybridized carbons (Fsp3) is 0.182. The van der Waals surface area contributed by atoms with Gasteiger partial charge in [0.15, 0.2) is 17.7 Å². The molecule has 0 radical (unpaired) electrons. The predicted molar refractivity (Wildman–Crippen MR) is 109 cm³/mol. The third-order valence-electron chi connectivity index (χ3n) is 4.38. The van der Waals surface area contributed by atoms with Gasteiger partial charge in [-0.15, -0.1) is 6.58 Å². The first-order valence-electron chi connectivity index (χ1n) is 9.16. The molecular formula is C22H19ClF2N2O3. The van der Waals surface area contributed by atoms with Crippen LogP contribution in [0.25, 0.3) is 11.3 Å². The maximum absolute atomic E-state index is 14.6. The standard InChI is InChI=1S/C22H19ClF2N2O3/c1-3-5-17-20(12-6-8-13(23)9-7-12)27-22(30-17)15(4-2)29-16-11-10-14(24)18(19(16)25)21(26)28/h3,6-11,15H,1,4-5H2,2H3,(H2,26,28). The van der Waals surface area contributed by atoms with Crippen LogP contribution >= 0.6 is 11.6 Å². The van der Waals surface area contributed by atoms with E-state index in [1.807, 2.05) is 0 Å². The summed E-state index contributed by atoms with van der Waals surface area (Å²) in [7, 11) is 0. The first kappa shape index (κ1) is 21.5. The minimum Gasteiger partial charge on any atom is -0.478 e. The zero-order chi connectivity index (χ0) is 21.8. The van der Waals surface area contributed by atoms with Gasteiger partial charge in [0.2, 0.25) is 5.89 Å². The fourth-order valence-electron chi connectivity index (χ4n) is 2.92. The van der Waals surface area contributed by atoms with E-state index < -0.39 is 29.2 Å². The third-order valence-corrected chi connectivity index (χ3v) is 4.63. The predicted octanol–water partition coefficient (Wildman–Crippen LogP) is 5.63. The lowest BCUT2D eigenvalue weighted by atomic mass is 10.1. The molecule has 2 N–H and O–H groups in total. The Morgan fingerprint density at radius 3 is 2.60 bits per heavy atom. The number of allylic oxidation sites excluding steroid dienone is 1. The Bertz CT molecular complexity index is 1080. The fourth-order valence-corrected chi connectivity index (χ4v) is 3.05. The van der Waals surface area contributed by atoms with Gasteiger partial charge in [0, 0.05) is 17.0 Å². The SMILES string of the molecule is C=CCc1oc(C(CC)Oc2ccc(F)c(C(N)=O)c2F)nc1-c1ccc(Cl)cc1. The van der Waals surface area contributed by atoms with Gasteiger partial charge in [-0.1, -0.05) is 36.7 Å². The molecular weight excluding hydrogens is 414 g/mol. The molecule has 1 aromatic heterocycles. The zero-order valence-corrected chi connectivity index (χ0v) is 16.9. The normalized spacial score (nSPS) is 11.9. The molecule has 2 aromatic carbocycles. The van der Waals surface area contributed by atoms with Gasteiger partial charge in [-0.2, -0.15) is 0 Å². The van der Waals surface area contributed by atoms with E-state index in [1.165, 1.54) is 0 Å². The quantitative estimate of drug-likeness (QED) is 0.468. The number of halogens is 3. The van der Waals surface area contributed by atoms with Crippen LogP contribution in [0.2, 0.25) is 5.02 Å². The Balaban J connectivity index is 1.99. The lowest BCUT2D eigenvalue weighted by Gasteiger charge is -2.16. The van der Waals surface area contributed by atoms with Crippen LogP contribution in [0.5, 0.6) is 5.75 Å². The third kappa shape index (κ3) is 4.36. The van der Waals surface area contributed by atoms with E-state index in [9.17, 15) is 13.6 Å². The van der Waals surface area contributed by atoms with E-state index in [-0.39, 0.29) is 11.6 Å². The first-order chi connectivity index (χ1) is 14.3. The van der Waals surface area contributed by atoms with Gasteiger partial charge in [0.05, 0.1) is 0 Å². The smallest absolute Gasteiger partial charge is 0.254 e. The summed E-state index contributed by atoms with van der Waals surface area (Å²) < 4.78 is 39.8. The number of nitrogens with zero attached hydrogens (tertiary/aromatic N) is 1. The van der Waals surface area contributed by atoms with Crippen LogP contribution in [-0.4, -0.2) is 10.9 Å². The molecule has 8 heteroatoms. The molecule has 30 heavy (non-hydrogen) atoms. The van der Waals surface area contributed by atoms with Crippen molar-refractivity contribution in [1.29, 1.82) is 0 Å². The lowest BCUT2D eigenvalue weighted by molar-refractivity contribution is 0.0989. The second kappa shape index (κ2) is 9.09. The molecule has 0 bridgehead atoms. The van der Waals surface area contributed by atoms with Crippen LogP contribution in [0, 0.1) is 11.6 Å². The summed E-state index contributed by atoms with van der Waals surface area (Å²) in [4.78, 5) is 15.9. The van der Waals surface area contributed by atoms with Gasteiger partial charge in [-0.05, 0) is 30.7 Å². The van der Waals surface area contributed by atoms with E-state index in [4.69, 9.17) is 26.5 Å². The first-order valence-corrected chi connectivity index (χ1v) is 9.54. The van der Waals surface area contributed by atoms with Crippen molar-refractivity contribution in [2.45, 2.75) is 25.9 Å². The number of amides is 1. The number of carbonyl (C=O) groups is 1. The van der Waals surface area contributed by atoms with E-state index >= 15 is 0 Å². The lowest BCUT2D eigenvalue weighted by Crippen LogP contribution is -2.17. The molecule has 0 saturated heterocycles. The maximum atomic E-state index is 14.6. The van der Waals surface area contributed by atoms with Crippen LogP contribution in [-0.2, 0) is 6.42 Å². The maximum Gasteiger partial charge on any atom is 0.254 e. The summed E-state index contributed by atoms with van der Waals surface area (Å²) in [5.41, 5.74) is 5.58. The molecule has 1 amide bonds. The van der Waals surface area contributed by atoms with E-state index in [1.54, 1.807) is 37.3 Å². The highest BCUT2D eigenvalue weighted by molar-refractivity contribution is 6.30. The van der Waals surface area contributed by atoms with Crippen molar-refractivity contribution in [3.63, 3.8) is 0 Å². The Kier molecular flexibility index (Phi) is 6.52. The van der Waals surface area contributed by atoms with E-state index in [0.717, 1.165) is 17.7 Å². The van der Waals surface area contributed by atoms with Crippen LogP contribution in [0.1, 0.15) is 41.5 Å². The number of ether oxygens (including phenoxy) is 1. The van der Waals surface area contributed by atoms with E-state index in [2.05, 4.69) is 11.6 Å². The molecule has 3 aromatic rings. The molecule has 0 saturated carbocycles. The number of hydrogen-bond acceptors (Lipinski definition) is 4. The number of benzene rings is 2. The topological polar surface area (TPSA) is 78.4 Å². The van der Waals surface area contributed by atoms with Crippen molar-refractivity contribution >= 4 is 17.5 Å². The summed E-state index contributed by atoms with van der Waals surface area (Å²) in [6.45, 7) is 5.52. The summed E-state index contributed by atoms with van der Waals surface area (Å²) >= 11 is 5.95. The van der Waals surface area contributed by atoms with E-state index in [0.29, 0.717) is 29.3 Å². The number of hydrogen-bond donors (Lipinski definition) is 1. The van der Waals surface area contributed by atoms with Crippen molar-refractivity contribution < 1.29 is 22.7 Å². The van der Waals surface area contributed by atoms with Gasteiger partial charge in [0.1, 0.15) is 22.8 Å². The summed E-state index contributed by atoms with van der Waals surface area (Å²) in [6.07, 6.45) is 1.68. The zero-order valence-electron chi connectivity index (χ0n) is 16.1. The molecule has 0 fully saturated rings. The Labute approximate surface area is 177 Å². The Hall–Kier alpha value is -3.19. The molecule has 1 heterocycles. The number of carbonyl (C=O) groups excluding carboxylic acids is 1. The monoisotopic (exact) mass is 432 g/mol. The van der Waals surface area contributed by atoms with Crippen molar-refractivity contribution in [1.82, 2.24) is 4.98 Å². The molecule has 0 aliphatic carbocycles. The molecule has 0 aliphatic rings. The number of aromatic nitrogens is 1. The van der Waals surface area contributed by atoms with Gasteiger partial charge in [0.25, 0.3) is 5.91 Å². The largest absolute Gasteiger partial charge is 0.478 e. The highest BCUT2D eigenvalue weighted by Gasteiger charge is 2.25. The Morgan fingerprint density at radius 1 is 1.30 bits per heavy atom. The molecule has 156 valence electrons. The molecule has 3 rings (SSSR count). The average Bonchev–Trinajstić information content (AvgIpc) is 3.12. The van der Waals surface area contributed by atoms with Crippen molar-refractivity contribution in [3.8, 4) is 17.0 Å². The summed E-state index contributed by atoms with van der Waals surface area (Å²) in [6, 6.07) is 9.08. The second-order valence-corrected chi connectivity index (χ2v) is 6.87. The summed E-state index contributed by atoms with van der Waals surface area (Å²) in [5.74, 6) is -3.01. The van der Waals surface area contributed by atoms with Crippen LogP contribution in [0.4, 0.5) is 8.78 Å². The second-order valence-electron chi connectivity index (χ2n) is 6.44. The highest BCUT2D eigenvalue weighted by atomic mass is 35.5. The Morgan fingerprint density at radius 2 is 2.00 bits per heavy atom. The van der Waals surface area contributed by atoms with Crippen LogP contribution < -0.4 is 10.5 Å². The highest BCUT2D eigenvalue weighted by Crippen LogP contribution is 2.33. The van der Waals surface area contributed by atoms with Crippen LogP contribution in [0.3, 0.4) is 0 Å². The minimum atomic E-state index is -1.22. The van der Waals surface area contributed by atoms with Crippen LogP contribution in [0.15, 0.2) is 53.5 Å². The molecule has 0 spiro atoms. The molecule has 1 unspecified atom stereocenters. The van der Waals surface area contributed by atoms with Gasteiger partial charge < -0.3 is 14.9 Å². The molecule has 0 aliphatic heterocycles. The number of nitrogens with two attached hydrogens (primary N) is 1. The number of oxazole rings is 1. The number of primary amides is 1. The van der Waals surface area contributed by atoms with Gasteiger partial charge in [-0.25, -0.2) is 13.8 Å². The van der Waals surface area contributed by atoms with Crippen molar-refractivity contribution in [2.75, 3.05) is 0 Å². The van der Waals surface area contributed by atoms with Crippen molar-refractivity contribution in [2.24, 2.45) is 5.73 Å². The minimum absolute atomic E-state index is 0.212.